The summed E-state index contributed by atoms with van der Waals surface area (Å²) in [4.78, 5) is 21.6. The molecule has 0 saturated heterocycles. The number of hydrogen-bond donors (Lipinski definition) is 1. The Bertz CT molecular complexity index is 1250. The normalized spacial score (nSPS) is 13.9. The van der Waals surface area contributed by atoms with Crippen LogP contribution in [0.4, 0.5) is 0 Å². The largest absolute Gasteiger partial charge is 0.482 e. The van der Waals surface area contributed by atoms with Crippen LogP contribution in [0.1, 0.15) is 52.7 Å². The first-order valence-electron chi connectivity index (χ1n) is 10.9. The van der Waals surface area contributed by atoms with Crippen LogP contribution in [0.5, 0.6) is 5.75 Å². The fourth-order valence-corrected chi connectivity index (χ4v) is 3.92. The molecule has 1 N–H and O–H groups in total. The van der Waals surface area contributed by atoms with E-state index in [2.05, 4.69) is 37.6 Å². The predicted molar refractivity (Wildman–Crippen MR) is 128 cm³/mol. The van der Waals surface area contributed by atoms with E-state index >= 15 is 0 Å². The van der Waals surface area contributed by atoms with Gasteiger partial charge in [-0.2, -0.15) is 0 Å². The first-order chi connectivity index (χ1) is 15.3. The summed E-state index contributed by atoms with van der Waals surface area (Å²) in [5.74, 6) is 0.923. The molecule has 0 radical (unpaired) electrons. The summed E-state index contributed by atoms with van der Waals surface area (Å²) in [7, 11) is 1.92. The highest BCUT2D eigenvalue weighted by molar-refractivity contribution is 6.30. The standard InChI is InChI=1S/C24H31ClN4O3/c1-7-15(4)22(29(8-2)9-3)27-23-18(13-17(25)14-28(23)6)16(5)31-20-12-10-11-19-21(20)32-24(30)26-19/h10-14,16H,7-9H2,1-6H3,(H,26,30)/b22-15-,27-23-/t16-/m0/s1. The first-order valence-corrected chi connectivity index (χ1v) is 11.3. The van der Waals surface area contributed by atoms with E-state index < -0.39 is 11.9 Å². The Morgan fingerprint density at radius 1 is 1.31 bits per heavy atom. The van der Waals surface area contributed by atoms with E-state index in [1.807, 2.05) is 36.9 Å². The summed E-state index contributed by atoms with van der Waals surface area (Å²) >= 11 is 6.41. The Morgan fingerprint density at radius 3 is 2.69 bits per heavy atom. The number of aromatic amines is 1. The zero-order chi connectivity index (χ0) is 23.4. The van der Waals surface area contributed by atoms with Crippen LogP contribution in [-0.2, 0) is 7.05 Å². The van der Waals surface area contributed by atoms with Gasteiger partial charge in [0.1, 0.15) is 17.4 Å². The van der Waals surface area contributed by atoms with Crippen LogP contribution < -0.4 is 16.0 Å². The molecule has 0 fully saturated rings. The quantitative estimate of drug-likeness (QED) is 0.507. The van der Waals surface area contributed by atoms with Gasteiger partial charge in [-0.05, 0) is 57.9 Å². The number of hydrogen-bond acceptors (Lipinski definition) is 5. The van der Waals surface area contributed by atoms with Crippen molar-refractivity contribution in [2.24, 2.45) is 12.0 Å². The number of aryl methyl sites for hydroxylation is 1. The van der Waals surface area contributed by atoms with E-state index in [1.165, 1.54) is 5.57 Å². The number of aromatic nitrogens is 2. The molecule has 8 heteroatoms. The fourth-order valence-electron chi connectivity index (χ4n) is 3.65. The zero-order valence-electron chi connectivity index (χ0n) is 19.5. The average molecular weight is 459 g/mol. The molecule has 0 spiro atoms. The SMILES string of the molecule is CC/C(C)=C(/N=c1/c([C@H](C)Oc2cccc3[nH]c(=O)oc23)cc(Cl)cn1C)N(CC)CC. The number of oxazole rings is 1. The monoisotopic (exact) mass is 458 g/mol. The molecule has 0 unspecified atom stereocenters. The summed E-state index contributed by atoms with van der Waals surface area (Å²) in [6, 6.07) is 7.23. The third-order valence-corrected chi connectivity index (χ3v) is 5.75. The Balaban J connectivity index is 2.14. The third-order valence-electron chi connectivity index (χ3n) is 5.54. The summed E-state index contributed by atoms with van der Waals surface area (Å²) in [5.41, 5.74) is 3.79. The second-order valence-corrected chi connectivity index (χ2v) is 8.13. The van der Waals surface area contributed by atoms with Gasteiger partial charge in [0.25, 0.3) is 0 Å². The molecule has 0 aliphatic heterocycles. The molecule has 2 aromatic heterocycles. The molecule has 3 aromatic rings. The Labute approximate surface area is 193 Å². The number of benzene rings is 1. The number of pyridine rings is 1. The summed E-state index contributed by atoms with van der Waals surface area (Å²) in [6.45, 7) is 12.2. The van der Waals surface area contributed by atoms with Gasteiger partial charge in [-0.25, -0.2) is 9.79 Å². The molecule has 0 saturated carbocycles. The van der Waals surface area contributed by atoms with Crippen LogP contribution in [0, 0.1) is 0 Å². The van der Waals surface area contributed by atoms with Crippen molar-refractivity contribution in [1.82, 2.24) is 14.5 Å². The van der Waals surface area contributed by atoms with Crippen LogP contribution >= 0.6 is 11.6 Å². The Hall–Kier alpha value is -2.93. The topological polar surface area (TPSA) is 75.8 Å². The van der Waals surface area contributed by atoms with Crippen molar-refractivity contribution in [1.29, 1.82) is 0 Å². The molecule has 32 heavy (non-hydrogen) atoms. The van der Waals surface area contributed by atoms with Crippen molar-refractivity contribution in [2.75, 3.05) is 13.1 Å². The molecule has 2 heterocycles. The highest BCUT2D eigenvalue weighted by atomic mass is 35.5. The minimum Gasteiger partial charge on any atom is -0.482 e. The van der Waals surface area contributed by atoms with Crippen molar-refractivity contribution in [3.63, 3.8) is 0 Å². The summed E-state index contributed by atoms with van der Waals surface area (Å²) < 4.78 is 13.4. The Morgan fingerprint density at radius 2 is 2.03 bits per heavy atom. The first kappa shape index (κ1) is 23.7. The lowest BCUT2D eigenvalue weighted by Gasteiger charge is -2.24. The number of nitrogens with zero attached hydrogens (tertiary/aromatic N) is 3. The number of allylic oxidation sites excluding steroid dienone is 1. The lowest BCUT2D eigenvalue weighted by Crippen LogP contribution is -2.29. The van der Waals surface area contributed by atoms with Crippen LogP contribution in [-0.4, -0.2) is 27.5 Å². The second-order valence-electron chi connectivity index (χ2n) is 7.70. The van der Waals surface area contributed by atoms with Crippen molar-refractivity contribution in [3.8, 4) is 5.75 Å². The lowest BCUT2D eigenvalue weighted by atomic mass is 10.1. The average Bonchev–Trinajstić information content (AvgIpc) is 3.15. The van der Waals surface area contributed by atoms with Crippen molar-refractivity contribution in [2.45, 2.75) is 47.1 Å². The molecule has 172 valence electrons. The number of rotatable bonds is 8. The van der Waals surface area contributed by atoms with Gasteiger partial charge >= 0.3 is 5.76 Å². The molecule has 0 bridgehead atoms. The minimum atomic E-state index is -0.516. The maximum Gasteiger partial charge on any atom is 0.417 e. The van der Waals surface area contributed by atoms with Crippen LogP contribution in [0.25, 0.3) is 11.1 Å². The molecular weight excluding hydrogens is 428 g/mol. The number of halogens is 1. The van der Waals surface area contributed by atoms with E-state index in [0.29, 0.717) is 21.9 Å². The van der Waals surface area contributed by atoms with E-state index in [4.69, 9.17) is 25.7 Å². The second kappa shape index (κ2) is 10.1. The van der Waals surface area contributed by atoms with E-state index in [0.717, 1.165) is 36.4 Å². The van der Waals surface area contributed by atoms with E-state index in [-0.39, 0.29) is 0 Å². The molecule has 7 nitrogen and oxygen atoms in total. The predicted octanol–water partition coefficient (Wildman–Crippen LogP) is 5.14. The van der Waals surface area contributed by atoms with Crippen LogP contribution in [0.2, 0.25) is 5.02 Å². The number of fused-ring (bicyclic) bond motifs is 1. The highest BCUT2D eigenvalue weighted by Crippen LogP contribution is 2.28. The number of H-pyrrole nitrogens is 1. The van der Waals surface area contributed by atoms with Crippen molar-refractivity contribution >= 4 is 22.7 Å². The minimum absolute atomic E-state index is 0.389. The maximum atomic E-state index is 11.7. The molecule has 0 aliphatic carbocycles. The summed E-state index contributed by atoms with van der Waals surface area (Å²) in [6.07, 6.45) is 2.34. The van der Waals surface area contributed by atoms with Crippen LogP contribution in [0.15, 0.2) is 56.1 Å². The molecular formula is C24H31ClN4O3. The lowest BCUT2D eigenvalue weighted by molar-refractivity contribution is 0.223. The molecule has 1 atom stereocenters. The van der Waals surface area contributed by atoms with Gasteiger partial charge in [0, 0.05) is 31.9 Å². The smallest absolute Gasteiger partial charge is 0.417 e. The van der Waals surface area contributed by atoms with Gasteiger partial charge in [-0.1, -0.05) is 24.6 Å². The maximum absolute atomic E-state index is 11.7. The van der Waals surface area contributed by atoms with Crippen molar-refractivity contribution in [3.05, 3.63) is 68.5 Å². The van der Waals surface area contributed by atoms with Crippen molar-refractivity contribution < 1.29 is 9.15 Å². The van der Waals surface area contributed by atoms with E-state index in [9.17, 15) is 4.79 Å². The van der Waals surface area contributed by atoms with Gasteiger partial charge in [0.05, 0.1) is 10.5 Å². The molecule has 0 aliphatic rings. The van der Waals surface area contributed by atoms with Gasteiger partial charge in [-0.3, -0.25) is 4.98 Å². The van der Waals surface area contributed by atoms with Gasteiger partial charge < -0.3 is 18.6 Å². The van der Waals surface area contributed by atoms with Crippen LogP contribution in [0.3, 0.4) is 0 Å². The Kier molecular flexibility index (Phi) is 7.51. The number of ether oxygens (including phenoxy) is 1. The fraction of sp³-hybridized carbons (Fsp3) is 0.417. The van der Waals surface area contributed by atoms with Gasteiger partial charge in [-0.15, -0.1) is 0 Å². The molecule has 3 rings (SSSR count). The molecule has 0 amide bonds. The highest BCUT2D eigenvalue weighted by Gasteiger charge is 2.17. The number of nitrogens with one attached hydrogen (secondary N) is 1. The van der Waals surface area contributed by atoms with Gasteiger partial charge in [0.2, 0.25) is 0 Å². The summed E-state index contributed by atoms with van der Waals surface area (Å²) in [5, 5.41) is 0.587. The zero-order valence-corrected chi connectivity index (χ0v) is 20.3. The van der Waals surface area contributed by atoms with E-state index in [1.54, 1.807) is 12.1 Å². The molecule has 1 aromatic carbocycles. The van der Waals surface area contributed by atoms with Gasteiger partial charge in [0.15, 0.2) is 11.3 Å². The third kappa shape index (κ3) is 4.93. The number of para-hydroxylation sites is 1.